The zero-order valence-corrected chi connectivity index (χ0v) is 14.5. The Morgan fingerprint density at radius 1 is 1.23 bits per heavy atom. The van der Waals surface area contributed by atoms with Crippen LogP contribution in [0.2, 0.25) is 10.0 Å². The number of carbonyl (C=O) groups is 1. The van der Waals surface area contributed by atoms with Crippen molar-refractivity contribution in [3.63, 3.8) is 0 Å². The van der Waals surface area contributed by atoms with E-state index >= 15 is 0 Å². The lowest BCUT2D eigenvalue weighted by Crippen LogP contribution is -2.21. The summed E-state index contributed by atoms with van der Waals surface area (Å²) in [6, 6.07) is 10.8. The average molecular weight is 393 g/mol. The van der Waals surface area contributed by atoms with Gasteiger partial charge in [-0.1, -0.05) is 35.3 Å². The summed E-state index contributed by atoms with van der Waals surface area (Å²) >= 11 is 11.9. The first-order chi connectivity index (χ1) is 12.4. The van der Waals surface area contributed by atoms with Crippen LogP contribution in [0.1, 0.15) is 0 Å². The second-order valence-electron chi connectivity index (χ2n) is 5.09. The molecule has 9 nitrogen and oxygen atoms in total. The zero-order chi connectivity index (χ0) is 18.7. The van der Waals surface area contributed by atoms with Gasteiger partial charge < -0.3 is 5.32 Å². The number of halogens is 2. The van der Waals surface area contributed by atoms with Crippen LogP contribution in [-0.4, -0.2) is 31.0 Å². The van der Waals surface area contributed by atoms with Crippen molar-refractivity contribution in [2.75, 3.05) is 5.32 Å². The molecule has 0 atom stereocenters. The van der Waals surface area contributed by atoms with E-state index in [1.807, 2.05) is 0 Å². The maximum absolute atomic E-state index is 12.1. The van der Waals surface area contributed by atoms with Crippen molar-refractivity contribution in [2.24, 2.45) is 0 Å². The minimum atomic E-state index is -0.616. The van der Waals surface area contributed by atoms with Crippen molar-refractivity contribution in [3.05, 3.63) is 62.6 Å². The topological polar surface area (TPSA) is 116 Å². The van der Waals surface area contributed by atoms with Gasteiger partial charge in [0.2, 0.25) is 11.7 Å². The molecule has 0 aliphatic heterocycles. The van der Waals surface area contributed by atoms with Crippen LogP contribution in [0.4, 0.5) is 11.4 Å². The zero-order valence-electron chi connectivity index (χ0n) is 13.0. The number of nitrogens with one attached hydrogen (secondary N) is 1. The Morgan fingerprint density at radius 2 is 2.00 bits per heavy atom. The molecule has 1 amide bonds. The van der Waals surface area contributed by atoms with Crippen LogP contribution in [0.5, 0.6) is 0 Å². The lowest BCUT2D eigenvalue weighted by atomic mass is 10.2. The second-order valence-corrected chi connectivity index (χ2v) is 5.93. The van der Waals surface area contributed by atoms with Gasteiger partial charge in [-0.3, -0.25) is 14.9 Å². The Labute approximate surface area is 156 Å². The third-order valence-electron chi connectivity index (χ3n) is 3.28. The van der Waals surface area contributed by atoms with Crippen molar-refractivity contribution < 1.29 is 9.72 Å². The van der Waals surface area contributed by atoms with Gasteiger partial charge in [-0.2, -0.15) is 4.80 Å². The number of nitrogens with zero attached hydrogens (tertiary/aromatic N) is 5. The summed E-state index contributed by atoms with van der Waals surface area (Å²) in [5.41, 5.74) is 0.288. The molecule has 3 aromatic rings. The average Bonchev–Trinajstić information content (AvgIpc) is 3.03. The number of aromatic nitrogens is 4. The number of nitro groups is 1. The molecule has 0 aliphatic rings. The molecule has 0 unspecified atom stereocenters. The van der Waals surface area contributed by atoms with E-state index in [0.29, 0.717) is 10.6 Å². The fourth-order valence-corrected chi connectivity index (χ4v) is 2.54. The number of amides is 1. The van der Waals surface area contributed by atoms with E-state index in [9.17, 15) is 14.9 Å². The smallest absolute Gasteiger partial charge is 0.292 e. The molecule has 0 aliphatic carbocycles. The van der Waals surface area contributed by atoms with Gasteiger partial charge in [-0.15, -0.1) is 10.2 Å². The molecule has 0 fully saturated rings. The van der Waals surface area contributed by atoms with Gasteiger partial charge in [-0.25, -0.2) is 0 Å². The van der Waals surface area contributed by atoms with Gasteiger partial charge in [0.25, 0.3) is 5.69 Å². The third-order valence-corrected chi connectivity index (χ3v) is 3.85. The highest BCUT2D eigenvalue weighted by Crippen LogP contribution is 2.27. The Morgan fingerprint density at radius 3 is 2.73 bits per heavy atom. The summed E-state index contributed by atoms with van der Waals surface area (Å²) in [4.78, 5) is 23.6. The van der Waals surface area contributed by atoms with Gasteiger partial charge in [-0.05, 0) is 29.5 Å². The molecular formula is C15H10Cl2N6O3. The van der Waals surface area contributed by atoms with Gasteiger partial charge in [0, 0.05) is 16.7 Å². The highest BCUT2D eigenvalue weighted by atomic mass is 35.5. The molecule has 132 valence electrons. The van der Waals surface area contributed by atoms with Gasteiger partial charge >= 0.3 is 0 Å². The molecule has 11 heteroatoms. The number of benzene rings is 2. The summed E-state index contributed by atoms with van der Waals surface area (Å²) in [5, 5.41) is 25.9. The van der Waals surface area contributed by atoms with Crippen molar-refractivity contribution in [1.29, 1.82) is 0 Å². The Hall–Kier alpha value is -3.04. The lowest BCUT2D eigenvalue weighted by molar-refractivity contribution is -0.383. The van der Waals surface area contributed by atoms with E-state index in [-0.39, 0.29) is 28.8 Å². The fraction of sp³-hybridized carbons (Fsp3) is 0.0667. The Bertz CT molecular complexity index is 991. The largest absolute Gasteiger partial charge is 0.319 e. The maximum Gasteiger partial charge on any atom is 0.292 e. The van der Waals surface area contributed by atoms with E-state index in [1.54, 1.807) is 24.3 Å². The summed E-state index contributed by atoms with van der Waals surface area (Å²) in [6.45, 7) is -0.291. The highest BCUT2D eigenvalue weighted by Gasteiger charge is 2.17. The first-order valence-electron chi connectivity index (χ1n) is 7.20. The van der Waals surface area contributed by atoms with Crippen molar-refractivity contribution in [1.82, 2.24) is 20.2 Å². The first-order valence-corrected chi connectivity index (χ1v) is 7.96. The van der Waals surface area contributed by atoms with E-state index in [4.69, 9.17) is 23.2 Å². The fourth-order valence-electron chi connectivity index (χ4n) is 2.15. The monoisotopic (exact) mass is 392 g/mol. The third kappa shape index (κ3) is 3.95. The van der Waals surface area contributed by atoms with E-state index in [2.05, 4.69) is 20.7 Å². The highest BCUT2D eigenvalue weighted by molar-refractivity contribution is 6.33. The molecular weight excluding hydrogens is 383 g/mol. The minimum Gasteiger partial charge on any atom is -0.319 e. The quantitative estimate of drug-likeness (QED) is 0.526. The summed E-state index contributed by atoms with van der Waals surface area (Å²) < 4.78 is 0. The van der Waals surface area contributed by atoms with E-state index in [1.165, 1.54) is 18.2 Å². The SMILES string of the molecule is O=C(Cn1nnc(-c2ccccc2Cl)n1)Nc1cc(Cl)ccc1[N+](=O)[O-]. The minimum absolute atomic E-state index is 0.0149. The molecule has 1 heterocycles. The van der Waals surface area contributed by atoms with Crippen molar-refractivity contribution >= 4 is 40.5 Å². The predicted octanol–water partition coefficient (Wildman–Crippen LogP) is 3.19. The number of hydrogen-bond donors (Lipinski definition) is 1. The molecule has 0 bridgehead atoms. The second kappa shape index (κ2) is 7.46. The van der Waals surface area contributed by atoms with Crippen LogP contribution in [0.3, 0.4) is 0 Å². The normalized spacial score (nSPS) is 10.5. The number of carbonyl (C=O) groups excluding carboxylic acids is 1. The van der Waals surface area contributed by atoms with Crippen LogP contribution in [0.15, 0.2) is 42.5 Å². The molecule has 26 heavy (non-hydrogen) atoms. The standard InChI is InChI=1S/C15H10Cl2N6O3/c16-9-5-6-13(23(25)26)12(7-9)18-14(24)8-22-20-15(19-21-22)10-3-1-2-4-11(10)17/h1-7H,8H2,(H,18,24). The molecule has 0 saturated heterocycles. The van der Waals surface area contributed by atoms with E-state index < -0.39 is 10.8 Å². The Kier molecular flexibility index (Phi) is 5.10. The van der Waals surface area contributed by atoms with Gasteiger partial charge in [0.15, 0.2) is 0 Å². The van der Waals surface area contributed by atoms with E-state index in [0.717, 1.165) is 4.80 Å². The van der Waals surface area contributed by atoms with Gasteiger partial charge in [0.1, 0.15) is 12.2 Å². The number of hydrogen-bond acceptors (Lipinski definition) is 6. The van der Waals surface area contributed by atoms with Crippen LogP contribution in [0, 0.1) is 10.1 Å². The molecule has 2 aromatic carbocycles. The molecule has 0 radical (unpaired) electrons. The number of anilines is 1. The summed E-state index contributed by atoms with van der Waals surface area (Å²) in [6.07, 6.45) is 0. The number of rotatable bonds is 5. The lowest BCUT2D eigenvalue weighted by Gasteiger charge is -2.05. The van der Waals surface area contributed by atoms with Gasteiger partial charge in [0.05, 0.1) is 9.95 Å². The number of tetrazole rings is 1. The van der Waals surface area contributed by atoms with Crippen molar-refractivity contribution in [3.8, 4) is 11.4 Å². The van der Waals surface area contributed by atoms with Crippen LogP contribution in [-0.2, 0) is 11.3 Å². The molecule has 0 saturated carbocycles. The van der Waals surface area contributed by atoms with Crippen molar-refractivity contribution in [2.45, 2.75) is 6.54 Å². The summed E-state index contributed by atoms with van der Waals surface area (Å²) in [7, 11) is 0. The molecule has 1 aromatic heterocycles. The van der Waals surface area contributed by atoms with Crippen LogP contribution in [0.25, 0.3) is 11.4 Å². The molecule has 0 spiro atoms. The van der Waals surface area contributed by atoms with Crippen LogP contribution >= 0.6 is 23.2 Å². The summed E-state index contributed by atoms with van der Waals surface area (Å²) in [5.74, 6) is -0.310. The maximum atomic E-state index is 12.1. The first kappa shape index (κ1) is 17.8. The predicted molar refractivity (Wildman–Crippen MR) is 95.0 cm³/mol. The van der Waals surface area contributed by atoms with Crippen LogP contribution < -0.4 is 5.32 Å². The Balaban J connectivity index is 1.75. The molecule has 1 N–H and O–H groups in total. The molecule has 3 rings (SSSR count). The number of nitro benzene ring substituents is 1.